The van der Waals surface area contributed by atoms with E-state index in [0.29, 0.717) is 12.5 Å². The summed E-state index contributed by atoms with van der Waals surface area (Å²) in [7, 11) is -2.42. The fourth-order valence-electron chi connectivity index (χ4n) is 1.73. The quantitative estimate of drug-likeness (QED) is 0.677. The summed E-state index contributed by atoms with van der Waals surface area (Å²) >= 11 is 0. The van der Waals surface area contributed by atoms with Crippen LogP contribution in [0.4, 0.5) is 0 Å². The molecular formula is C12H22ClN3O4S. The maximum absolute atomic E-state index is 11.9. The molecular weight excluding hydrogens is 318 g/mol. The number of rotatable bonds is 7. The highest BCUT2D eigenvalue weighted by atomic mass is 35.5. The molecule has 0 radical (unpaired) electrons. The topological polar surface area (TPSA) is 114 Å². The van der Waals surface area contributed by atoms with Gasteiger partial charge in [-0.3, -0.25) is 4.79 Å². The molecule has 122 valence electrons. The molecule has 0 fully saturated rings. The number of sulfonamides is 1. The van der Waals surface area contributed by atoms with Gasteiger partial charge >= 0.3 is 0 Å². The number of halogens is 1. The molecule has 0 bridgehead atoms. The van der Waals surface area contributed by atoms with Gasteiger partial charge in [0.15, 0.2) is 5.76 Å². The van der Waals surface area contributed by atoms with Crippen molar-refractivity contribution in [3.05, 3.63) is 17.9 Å². The van der Waals surface area contributed by atoms with Crippen LogP contribution in [-0.4, -0.2) is 34.0 Å². The lowest BCUT2D eigenvalue weighted by molar-refractivity contribution is 0.0900. The molecule has 0 spiro atoms. The standard InChI is InChI=1S/C12H21N3O4S.ClH/c1-8(2)6-9(7-13)15-12(16)10-4-5-11(19-10)20(17,18)14-3;/h4-5,8-9,14H,6-7,13H2,1-3H3,(H,15,16);1H. The molecule has 9 heteroatoms. The minimum atomic E-state index is -3.69. The Labute approximate surface area is 131 Å². The van der Waals surface area contributed by atoms with E-state index >= 15 is 0 Å². The van der Waals surface area contributed by atoms with Crippen molar-refractivity contribution in [3.63, 3.8) is 0 Å². The van der Waals surface area contributed by atoms with Gasteiger partial charge in [-0.15, -0.1) is 12.4 Å². The van der Waals surface area contributed by atoms with Gasteiger partial charge in [-0.2, -0.15) is 0 Å². The van der Waals surface area contributed by atoms with Gasteiger partial charge in [0, 0.05) is 12.6 Å². The van der Waals surface area contributed by atoms with Crippen molar-refractivity contribution < 1.29 is 17.6 Å². The van der Waals surface area contributed by atoms with E-state index in [-0.39, 0.29) is 29.3 Å². The highest BCUT2D eigenvalue weighted by Gasteiger charge is 2.21. The summed E-state index contributed by atoms with van der Waals surface area (Å²) in [6, 6.07) is 2.39. The summed E-state index contributed by atoms with van der Waals surface area (Å²) in [5.41, 5.74) is 5.59. The van der Waals surface area contributed by atoms with Crippen LogP contribution in [0.2, 0.25) is 0 Å². The van der Waals surface area contributed by atoms with E-state index in [2.05, 4.69) is 10.0 Å². The largest absolute Gasteiger partial charge is 0.438 e. The lowest BCUT2D eigenvalue weighted by Crippen LogP contribution is -2.40. The van der Waals surface area contributed by atoms with Gasteiger partial charge < -0.3 is 15.5 Å². The highest BCUT2D eigenvalue weighted by molar-refractivity contribution is 7.89. The Balaban J connectivity index is 0.00000400. The predicted octanol–water partition coefficient (Wildman–Crippen LogP) is 0.713. The first kappa shape index (κ1) is 19.9. The minimum absolute atomic E-state index is 0. The fourth-order valence-corrected chi connectivity index (χ4v) is 2.37. The summed E-state index contributed by atoms with van der Waals surface area (Å²) < 4.78 is 30.2. The zero-order chi connectivity index (χ0) is 15.3. The molecule has 0 aliphatic carbocycles. The number of nitrogens with one attached hydrogen (secondary N) is 2. The van der Waals surface area contributed by atoms with Gasteiger partial charge in [0.2, 0.25) is 5.09 Å². The molecule has 1 aromatic heterocycles. The molecule has 1 aromatic rings. The Morgan fingerprint density at radius 1 is 1.38 bits per heavy atom. The van der Waals surface area contributed by atoms with Gasteiger partial charge in [0.1, 0.15) is 0 Å². The van der Waals surface area contributed by atoms with Gasteiger partial charge in [-0.05, 0) is 31.5 Å². The van der Waals surface area contributed by atoms with Crippen LogP contribution in [0, 0.1) is 5.92 Å². The Hall–Kier alpha value is -1.09. The lowest BCUT2D eigenvalue weighted by atomic mass is 10.0. The molecule has 1 atom stereocenters. The number of carbonyl (C=O) groups is 1. The Morgan fingerprint density at radius 2 is 2.00 bits per heavy atom. The maximum Gasteiger partial charge on any atom is 0.287 e. The van der Waals surface area contributed by atoms with Crippen molar-refractivity contribution in [3.8, 4) is 0 Å². The molecule has 4 N–H and O–H groups in total. The molecule has 0 aliphatic rings. The molecule has 0 aromatic carbocycles. The van der Waals surface area contributed by atoms with Crippen LogP contribution in [0.3, 0.4) is 0 Å². The van der Waals surface area contributed by atoms with Crippen LogP contribution in [-0.2, 0) is 10.0 Å². The lowest BCUT2D eigenvalue weighted by Gasteiger charge is -2.17. The Kier molecular flexibility index (Phi) is 7.94. The average molecular weight is 340 g/mol. The number of carbonyl (C=O) groups excluding carboxylic acids is 1. The molecule has 21 heavy (non-hydrogen) atoms. The van der Waals surface area contributed by atoms with Crippen molar-refractivity contribution >= 4 is 28.3 Å². The summed E-state index contributed by atoms with van der Waals surface area (Å²) in [5.74, 6) is -0.139. The third-order valence-corrected chi connectivity index (χ3v) is 4.00. The van der Waals surface area contributed by atoms with Gasteiger partial charge in [-0.25, -0.2) is 13.1 Å². The second-order valence-electron chi connectivity index (χ2n) is 4.86. The zero-order valence-electron chi connectivity index (χ0n) is 12.3. The molecule has 7 nitrogen and oxygen atoms in total. The van der Waals surface area contributed by atoms with Crippen LogP contribution >= 0.6 is 12.4 Å². The van der Waals surface area contributed by atoms with E-state index in [1.807, 2.05) is 13.8 Å². The third kappa shape index (κ3) is 5.66. The van der Waals surface area contributed by atoms with Crippen molar-refractivity contribution in [2.75, 3.05) is 13.6 Å². The molecule has 0 saturated carbocycles. The van der Waals surface area contributed by atoms with Crippen molar-refractivity contribution in [1.29, 1.82) is 0 Å². The first-order valence-electron chi connectivity index (χ1n) is 6.34. The van der Waals surface area contributed by atoms with Gasteiger partial charge in [0.05, 0.1) is 0 Å². The number of nitrogens with two attached hydrogens (primary N) is 1. The molecule has 1 heterocycles. The van der Waals surface area contributed by atoms with E-state index in [0.717, 1.165) is 6.42 Å². The van der Waals surface area contributed by atoms with E-state index in [9.17, 15) is 13.2 Å². The van der Waals surface area contributed by atoms with Crippen molar-refractivity contribution in [2.45, 2.75) is 31.4 Å². The van der Waals surface area contributed by atoms with Gasteiger partial charge in [0.25, 0.3) is 15.9 Å². The van der Waals surface area contributed by atoms with E-state index in [1.54, 1.807) is 0 Å². The number of amides is 1. The third-order valence-electron chi connectivity index (χ3n) is 2.71. The number of furan rings is 1. The SMILES string of the molecule is CNS(=O)(=O)c1ccc(C(=O)NC(CN)CC(C)C)o1.Cl. The van der Waals surface area contributed by atoms with Gasteiger partial charge in [-0.1, -0.05) is 13.8 Å². The minimum Gasteiger partial charge on any atom is -0.438 e. The summed E-state index contributed by atoms with van der Waals surface area (Å²) in [4.78, 5) is 11.9. The Bertz CT molecular complexity index is 557. The molecule has 0 saturated heterocycles. The van der Waals surface area contributed by atoms with E-state index in [1.165, 1.54) is 19.2 Å². The normalized spacial score (nSPS) is 12.8. The molecule has 1 unspecified atom stereocenters. The van der Waals surface area contributed by atoms with Crippen LogP contribution in [0.15, 0.2) is 21.6 Å². The molecule has 1 rings (SSSR count). The first-order valence-corrected chi connectivity index (χ1v) is 7.82. The van der Waals surface area contributed by atoms with Crippen LogP contribution in [0.5, 0.6) is 0 Å². The maximum atomic E-state index is 11.9. The monoisotopic (exact) mass is 339 g/mol. The molecule has 1 amide bonds. The van der Waals surface area contributed by atoms with Crippen molar-refractivity contribution in [2.24, 2.45) is 11.7 Å². The van der Waals surface area contributed by atoms with Crippen LogP contribution < -0.4 is 15.8 Å². The second kappa shape index (κ2) is 8.38. The Morgan fingerprint density at radius 3 is 2.48 bits per heavy atom. The summed E-state index contributed by atoms with van der Waals surface area (Å²) in [5, 5.41) is 2.43. The van der Waals surface area contributed by atoms with Crippen LogP contribution in [0.1, 0.15) is 30.8 Å². The highest BCUT2D eigenvalue weighted by Crippen LogP contribution is 2.14. The smallest absolute Gasteiger partial charge is 0.287 e. The second-order valence-corrected chi connectivity index (χ2v) is 6.68. The molecule has 0 aliphatic heterocycles. The van der Waals surface area contributed by atoms with E-state index < -0.39 is 15.9 Å². The van der Waals surface area contributed by atoms with Crippen molar-refractivity contribution in [1.82, 2.24) is 10.0 Å². The fraction of sp³-hybridized carbons (Fsp3) is 0.583. The summed E-state index contributed by atoms with van der Waals surface area (Å²) in [6.07, 6.45) is 0.741. The zero-order valence-corrected chi connectivity index (χ0v) is 13.9. The predicted molar refractivity (Wildman–Crippen MR) is 82.0 cm³/mol. The van der Waals surface area contributed by atoms with Crippen LogP contribution in [0.25, 0.3) is 0 Å². The average Bonchev–Trinajstić information content (AvgIpc) is 2.87. The first-order chi connectivity index (χ1) is 9.30. The summed E-state index contributed by atoms with van der Waals surface area (Å²) in [6.45, 7) is 4.37. The number of hydrogen-bond donors (Lipinski definition) is 3. The van der Waals surface area contributed by atoms with E-state index in [4.69, 9.17) is 10.2 Å². The number of hydrogen-bond acceptors (Lipinski definition) is 5.